The first kappa shape index (κ1) is 14.6. The Bertz CT molecular complexity index is 710. The molecule has 0 saturated heterocycles. The van der Waals surface area contributed by atoms with Gasteiger partial charge in [0.2, 0.25) is 0 Å². The van der Waals surface area contributed by atoms with Gasteiger partial charge in [0.15, 0.2) is 0 Å². The molecule has 1 atom stereocenters. The van der Waals surface area contributed by atoms with Crippen LogP contribution >= 0.6 is 0 Å². The Balaban J connectivity index is 1.93. The summed E-state index contributed by atoms with van der Waals surface area (Å²) in [6.45, 7) is 6.78. The molecule has 1 amide bonds. The Morgan fingerprint density at radius 2 is 2.23 bits per heavy atom. The second-order valence-corrected chi connectivity index (χ2v) is 5.75. The van der Waals surface area contributed by atoms with Gasteiger partial charge in [-0.15, -0.1) is 0 Å². The monoisotopic (exact) mass is 295 g/mol. The second kappa shape index (κ2) is 5.79. The second-order valence-electron chi connectivity index (χ2n) is 5.75. The van der Waals surface area contributed by atoms with E-state index < -0.39 is 0 Å². The lowest BCUT2D eigenvalue weighted by Gasteiger charge is -2.23. The summed E-state index contributed by atoms with van der Waals surface area (Å²) in [6.07, 6.45) is 5.13. The number of hydrogen-bond acceptors (Lipinski definition) is 2. The summed E-state index contributed by atoms with van der Waals surface area (Å²) in [5.41, 5.74) is 4.84. The molecular formula is C18H21N3O. The minimum atomic E-state index is 0.0949. The molecule has 1 unspecified atom stereocenters. The first-order valence-corrected chi connectivity index (χ1v) is 7.71. The van der Waals surface area contributed by atoms with Gasteiger partial charge in [-0.2, -0.15) is 5.10 Å². The van der Waals surface area contributed by atoms with Gasteiger partial charge in [-0.3, -0.25) is 9.89 Å². The topological polar surface area (TPSA) is 49.0 Å². The Hall–Kier alpha value is -2.36. The number of rotatable bonds is 3. The van der Waals surface area contributed by atoms with Crippen molar-refractivity contribution in [2.75, 3.05) is 6.54 Å². The van der Waals surface area contributed by atoms with Crippen molar-refractivity contribution in [2.45, 2.75) is 33.2 Å². The lowest BCUT2D eigenvalue weighted by atomic mass is 10.0. The van der Waals surface area contributed by atoms with Crippen LogP contribution in [0.2, 0.25) is 0 Å². The number of nitrogens with zero attached hydrogens (tertiary/aromatic N) is 2. The van der Waals surface area contributed by atoms with E-state index in [1.807, 2.05) is 43.0 Å². The molecule has 0 fully saturated rings. The van der Waals surface area contributed by atoms with Crippen molar-refractivity contribution in [3.05, 3.63) is 53.4 Å². The van der Waals surface area contributed by atoms with Gasteiger partial charge in [-0.1, -0.05) is 31.2 Å². The van der Waals surface area contributed by atoms with Crippen LogP contribution < -0.4 is 0 Å². The van der Waals surface area contributed by atoms with Crippen LogP contribution in [0.4, 0.5) is 0 Å². The Kier molecular flexibility index (Phi) is 3.84. The summed E-state index contributed by atoms with van der Waals surface area (Å²) in [5.74, 6) is 0.0949. The number of aromatic amines is 1. The van der Waals surface area contributed by atoms with E-state index in [2.05, 4.69) is 29.3 Å². The van der Waals surface area contributed by atoms with Gasteiger partial charge in [0.25, 0.3) is 5.91 Å². The highest BCUT2D eigenvalue weighted by molar-refractivity contribution is 5.96. The van der Waals surface area contributed by atoms with Crippen LogP contribution in [-0.2, 0) is 0 Å². The van der Waals surface area contributed by atoms with Crippen molar-refractivity contribution in [3.8, 4) is 11.1 Å². The van der Waals surface area contributed by atoms with Gasteiger partial charge in [0, 0.05) is 23.4 Å². The summed E-state index contributed by atoms with van der Waals surface area (Å²) < 4.78 is 0. The highest BCUT2D eigenvalue weighted by atomic mass is 16.2. The van der Waals surface area contributed by atoms with Crippen LogP contribution in [0.5, 0.6) is 0 Å². The molecule has 4 heteroatoms. The zero-order valence-corrected chi connectivity index (χ0v) is 13.3. The van der Waals surface area contributed by atoms with Crippen molar-refractivity contribution in [1.82, 2.24) is 15.1 Å². The molecule has 114 valence electrons. The van der Waals surface area contributed by atoms with Crippen LogP contribution in [0.1, 0.15) is 35.1 Å². The fourth-order valence-corrected chi connectivity index (χ4v) is 3.11. The van der Waals surface area contributed by atoms with Crippen LogP contribution in [0, 0.1) is 13.8 Å². The van der Waals surface area contributed by atoms with E-state index in [0.717, 1.165) is 34.5 Å². The van der Waals surface area contributed by atoms with E-state index >= 15 is 0 Å². The van der Waals surface area contributed by atoms with Crippen molar-refractivity contribution >= 4 is 5.91 Å². The molecule has 1 aliphatic rings. The SMILES string of the molecule is CCC1C=CCN1C(=O)c1cccc(-c2c(C)n[nH]c2C)c1. The van der Waals surface area contributed by atoms with E-state index in [-0.39, 0.29) is 11.9 Å². The average molecular weight is 295 g/mol. The first-order valence-electron chi connectivity index (χ1n) is 7.71. The van der Waals surface area contributed by atoms with Crippen LogP contribution in [0.3, 0.4) is 0 Å². The van der Waals surface area contributed by atoms with Crippen LogP contribution in [-0.4, -0.2) is 33.6 Å². The normalized spacial score (nSPS) is 17.2. The third-order valence-corrected chi connectivity index (χ3v) is 4.27. The zero-order chi connectivity index (χ0) is 15.7. The Morgan fingerprint density at radius 1 is 1.41 bits per heavy atom. The van der Waals surface area contributed by atoms with Gasteiger partial charge < -0.3 is 4.90 Å². The van der Waals surface area contributed by atoms with Gasteiger partial charge in [-0.25, -0.2) is 0 Å². The molecule has 0 aliphatic carbocycles. The summed E-state index contributed by atoms with van der Waals surface area (Å²) in [4.78, 5) is 14.7. The largest absolute Gasteiger partial charge is 0.329 e. The lowest BCUT2D eigenvalue weighted by Crippen LogP contribution is -2.35. The Labute approximate surface area is 130 Å². The number of hydrogen-bond donors (Lipinski definition) is 1. The van der Waals surface area contributed by atoms with Gasteiger partial charge in [0.1, 0.15) is 0 Å². The number of amides is 1. The van der Waals surface area contributed by atoms with Crippen molar-refractivity contribution in [3.63, 3.8) is 0 Å². The summed E-state index contributed by atoms with van der Waals surface area (Å²) >= 11 is 0. The Morgan fingerprint density at radius 3 is 2.91 bits per heavy atom. The maximum Gasteiger partial charge on any atom is 0.254 e. The number of carbonyl (C=O) groups is 1. The molecule has 2 aromatic rings. The van der Waals surface area contributed by atoms with Crippen LogP contribution in [0.25, 0.3) is 11.1 Å². The molecule has 0 saturated carbocycles. The molecule has 3 rings (SSSR count). The minimum absolute atomic E-state index is 0.0949. The number of aromatic nitrogens is 2. The highest BCUT2D eigenvalue weighted by Gasteiger charge is 2.24. The fourth-order valence-electron chi connectivity index (χ4n) is 3.11. The maximum absolute atomic E-state index is 12.8. The third kappa shape index (κ3) is 2.45. The fraction of sp³-hybridized carbons (Fsp3) is 0.333. The molecule has 1 aromatic heterocycles. The van der Waals surface area contributed by atoms with E-state index in [1.54, 1.807) is 0 Å². The minimum Gasteiger partial charge on any atom is -0.329 e. The van der Waals surface area contributed by atoms with Crippen molar-refractivity contribution < 1.29 is 4.79 Å². The van der Waals surface area contributed by atoms with E-state index in [0.29, 0.717) is 6.54 Å². The predicted molar refractivity (Wildman–Crippen MR) is 87.8 cm³/mol. The quantitative estimate of drug-likeness (QED) is 0.881. The molecule has 0 bridgehead atoms. The third-order valence-electron chi connectivity index (χ3n) is 4.27. The average Bonchev–Trinajstić information content (AvgIpc) is 3.13. The van der Waals surface area contributed by atoms with E-state index in [4.69, 9.17) is 0 Å². The molecule has 0 radical (unpaired) electrons. The van der Waals surface area contributed by atoms with E-state index in [9.17, 15) is 4.79 Å². The first-order chi connectivity index (χ1) is 10.6. The van der Waals surface area contributed by atoms with Gasteiger partial charge in [-0.05, 0) is 38.0 Å². The molecule has 1 aromatic carbocycles. The molecule has 4 nitrogen and oxygen atoms in total. The summed E-state index contributed by atoms with van der Waals surface area (Å²) in [7, 11) is 0. The number of benzene rings is 1. The molecule has 2 heterocycles. The van der Waals surface area contributed by atoms with Gasteiger partial charge >= 0.3 is 0 Å². The smallest absolute Gasteiger partial charge is 0.254 e. The number of nitrogens with one attached hydrogen (secondary N) is 1. The lowest BCUT2D eigenvalue weighted by molar-refractivity contribution is 0.0747. The molecule has 1 N–H and O–H groups in total. The molecule has 22 heavy (non-hydrogen) atoms. The number of H-pyrrole nitrogens is 1. The molecular weight excluding hydrogens is 274 g/mol. The van der Waals surface area contributed by atoms with E-state index in [1.165, 1.54) is 0 Å². The van der Waals surface area contributed by atoms with Gasteiger partial charge in [0.05, 0.1) is 11.7 Å². The standard InChI is InChI=1S/C18H21N3O/c1-4-16-9-6-10-21(16)18(22)15-8-5-7-14(11-15)17-12(2)19-20-13(17)3/h5-9,11,16H,4,10H2,1-3H3,(H,19,20). The summed E-state index contributed by atoms with van der Waals surface area (Å²) in [5, 5.41) is 7.24. The predicted octanol–water partition coefficient (Wildman–Crippen LogP) is 3.48. The van der Waals surface area contributed by atoms with Crippen molar-refractivity contribution in [2.24, 2.45) is 0 Å². The number of carbonyl (C=O) groups excluding carboxylic acids is 1. The summed E-state index contributed by atoms with van der Waals surface area (Å²) in [6, 6.07) is 8.05. The van der Waals surface area contributed by atoms with Crippen molar-refractivity contribution in [1.29, 1.82) is 0 Å². The highest BCUT2D eigenvalue weighted by Crippen LogP contribution is 2.27. The molecule has 1 aliphatic heterocycles. The van der Waals surface area contributed by atoms with Crippen LogP contribution in [0.15, 0.2) is 36.4 Å². The maximum atomic E-state index is 12.8. The zero-order valence-electron chi connectivity index (χ0n) is 13.3. The molecule has 0 spiro atoms. The number of aryl methyl sites for hydroxylation is 2.